The third kappa shape index (κ3) is 3.08. The summed E-state index contributed by atoms with van der Waals surface area (Å²) in [6, 6.07) is 3.97. The summed E-state index contributed by atoms with van der Waals surface area (Å²) >= 11 is 0. The van der Waals surface area contributed by atoms with Crippen molar-refractivity contribution >= 4 is 5.91 Å². The van der Waals surface area contributed by atoms with E-state index < -0.39 is 0 Å². The maximum atomic E-state index is 11.7. The number of amides is 1. The van der Waals surface area contributed by atoms with Crippen molar-refractivity contribution in [1.82, 2.24) is 15.2 Å². The van der Waals surface area contributed by atoms with Crippen LogP contribution in [0.3, 0.4) is 0 Å². The topological polar surface area (TPSA) is 63.7 Å². The monoisotopic (exact) mass is 305 g/mol. The first-order valence-electron chi connectivity index (χ1n) is 7.78. The number of piperidine rings is 1. The van der Waals surface area contributed by atoms with Crippen molar-refractivity contribution in [2.45, 2.75) is 31.6 Å². The molecule has 2 aliphatic heterocycles. The van der Waals surface area contributed by atoms with Crippen LogP contribution in [0, 0.1) is 5.92 Å². The summed E-state index contributed by atoms with van der Waals surface area (Å²) in [5, 5.41) is 2.68. The van der Waals surface area contributed by atoms with Crippen LogP contribution in [-0.2, 0) is 16.1 Å². The molecule has 1 aromatic heterocycles. The molecule has 120 valence electrons. The molecule has 0 unspecified atom stereocenters. The highest BCUT2D eigenvalue weighted by Crippen LogP contribution is 2.34. The predicted octanol–water partition coefficient (Wildman–Crippen LogP) is 0.816. The maximum absolute atomic E-state index is 11.7. The molecular weight excluding hydrogens is 282 g/mol. The van der Waals surface area contributed by atoms with Crippen LogP contribution in [-0.4, -0.2) is 55.2 Å². The third-order valence-electron chi connectivity index (χ3n) is 4.61. The highest BCUT2D eigenvalue weighted by atomic mass is 16.5. The molecule has 1 N–H and O–H groups in total. The molecule has 2 saturated heterocycles. The Labute approximate surface area is 130 Å². The second-order valence-corrected chi connectivity index (χ2v) is 5.97. The van der Waals surface area contributed by atoms with E-state index in [1.807, 2.05) is 12.1 Å². The molecule has 0 aromatic carbocycles. The number of methoxy groups -OCH3 is 1. The minimum atomic E-state index is -0.284. The zero-order chi connectivity index (χ0) is 15.5. The number of nitrogens with zero attached hydrogens (tertiary/aromatic N) is 2. The second kappa shape index (κ2) is 6.62. The fourth-order valence-corrected chi connectivity index (χ4v) is 3.44. The van der Waals surface area contributed by atoms with Gasteiger partial charge in [0.15, 0.2) is 0 Å². The third-order valence-corrected chi connectivity index (χ3v) is 4.61. The van der Waals surface area contributed by atoms with Gasteiger partial charge in [0.2, 0.25) is 11.8 Å². The van der Waals surface area contributed by atoms with E-state index in [4.69, 9.17) is 9.47 Å². The Morgan fingerprint density at radius 2 is 2.45 bits per heavy atom. The van der Waals surface area contributed by atoms with Crippen LogP contribution in [0.4, 0.5) is 0 Å². The van der Waals surface area contributed by atoms with Gasteiger partial charge in [-0.2, -0.15) is 0 Å². The number of pyridine rings is 1. The molecule has 2 fully saturated rings. The minimum Gasteiger partial charge on any atom is -0.481 e. The zero-order valence-corrected chi connectivity index (χ0v) is 13.1. The molecule has 0 saturated carbocycles. The fourth-order valence-electron chi connectivity index (χ4n) is 3.44. The Bertz CT molecular complexity index is 537. The van der Waals surface area contributed by atoms with Crippen LogP contribution in [0.15, 0.2) is 18.3 Å². The van der Waals surface area contributed by atoms with Crippen molar-refractivity contribution in [3.8, 4) is 5.88 Å². The lowest BCUT2D eigenvalue weighted by Crippen LogP contribution is -2.42. The summed E-state index contributed by atoms with van der Waals surface area (Å²) in [7, 11) is 3.31. The van der Waals surface area contributed by atoms with Crippen molar-refractivity contribution in [2.24, 2.45) is 5.92 Å². The number of likely N-dealkylation sites (N-methyl/N-ethyl adjacent to an activating group) is 1. The van der Waals surface area contributed by atoms with Gasteiger partial charge in [0.25, 0.3) is 0 Å². The molecule has 3 heterocycles. The first kappa shape index (κ1) is 15.2. The zero-order valence-electron chi connectivity index (χ0n) is 13.1. The summed E-state index contributed by atoms with van der Waals surface area (Å²) in [4.78, 5) is 18.3. The van der Waals surface area contributed by atoms with E-state index in [1.165, 1.54) is 0 Å². The van der Waals surface area contributed by atoms with Crippen LogP contribution in [0.2, 0.25) is 0 Å². The van der Waals surface area contributed by atoms with Crippen LogP contribution in [0.5, 0.6) is 5.88 Å². The van der Waals surface area contributed by atoms with Gasteiger partial charge in [0, 0.05) is 31.9 Å². The number of aromatic nitrogens is 1. The van der Waals surface area contributed by atoms with Crippen molar-refractivity contribution in [2.75, 3.05) is 27.2 Å². The van der Waals surface area contributed by atoms with Crippen molar-refractivity contribution in [3.05, 3.63) is 23.9 Å². The fraction of sp³-hybridized carbons (Fsp3) is 0.625. The molecule has 0 aliphatic carbocycles. The number of rotatable bonds is 4. The number of nitrogens with one attached hydrogen (secondary N) is 1. The smallest absolute Gasteiger partial charge is 0.248 e. The summed E-state index contributed by atoms with van der Waals surface area (Å²) in [6.45, 7) is 2.67. The molecular formula is C16H23N3O3. The Morgan fingerprint density at radius 3 is 3.23 bits per heavy atom. The molecule has 6 nitrogen and oxygen atoms in total. The van der Waals surface area contributed by atoms with E-state index in [0.717, 1.165) is 38.0 Å². The summed E-state index contributed by atoms with van der Waals surface area (Å²) in [5.74, 6) is 1.17. The van der Waals surface area contributed by atoms with Gasteiger partial charge in [-0.3, -0.25) is 9.69 Å². The highest BCUT2D eigenvalue weighted by Gasteiger charge is 2.41. The van der Waals surface area contributed by atoms with Gasteiger partial charge in [-0.15, -0.1) is 0 Å². The normalized spacial score (nSPS) is 28.2. The molecule has 1 aromatic rings. The molecule has 3 atom stereocenters. The van der Waals surface area contributed by atoms with Crippen LogP contribution in [0.25, 0.3) is 0 Å². The quantitative estimate of drug-likeness (QED) is 0.892. The average Bonchev–Trinajstić information content (AvgIpc) is 2.98. The molecule has 0 radical (unpaired) electrons. The number of ether oxygens (including phenoxy) is 2. The van der Waals surface area contributed by atoms with E-state index in [-0.39, 0.29) is 18.1 Å². The van der Waals surface area contributed by atoms with Crippen molar-refractivity contribution < 1.29 is 14.3 Å². The Morgan fingerprint density at radius 1 is 1.59 bits per heavy atom. The van der Waals surface area contributed by atoms with E-state index in [1.54, 1.807) is 20.4 Å². The molecule has 3 rings (SSSR count). The molecule has 1 amide bonds. The summed E-state index contributed by atoms with van der Waals surface area (Å²) in [6.07, 6.45) is 3.52. The Kier molecular flexibility index (Phi) is 4.59. The average molecular weight is 305 g/mol. The molecule has 6 heteroatoms. The Hall–Kier alpha value is -1.66. The van der Waals surface area contributed by atoms with Gasteiger partial charge in [-0.25, -0.2) is 4.98 Å². The lowest BCUT2D eigenvalue weighted by molar-refractivity contribution is -0.132. The van der Waals surface area contributed by atoms with Gasteiger partial charge in [-0.05, 0) is 31.4 Å². The number of likely N-dealkylation sites (tertiary alicyclic amines) is 1. The SMILES string of the molecule is CNC(=O)[C@H]1C[C@H]2CCN(Cc3cccnc3OC)C[C@@H]2O1. The number of carbonyl (C=O) groups is 1. The summed E-state index contributed by atoms with van der Waals surface area (Å²) in [5.41, 5.74) is 1.09. The van der Waals surface area contributed by atoms with Crippen LogP contribution < -0.4 is 10.1 Å². The van der Waals surface area contributed by atoms with Crippen molar-refractivity contribution in [1.29, 1.82) is 0 Å². The first-order chi connectivity index (χ1) is 10.7. The van der Waals surface area contributed by atoms with Gasteiger partial charge in [0.05, 0.1) is 13.2 Å². The number of carbonyl (C=O) groups excluding carboxylic acids is 1. The van der Waals surface area contributed by atoms with Crippen LogP contribution in [0.1, 0.15) is 18.4 Å². The van der Waals surface area contributed by atoms with E-state index in [9.17, 15) is 4.79 Å². The van der Waals surface area contributed by atoms with Gasteiger partial charge in [-0.1, -0.05) is 6.07 Å². The number of fused-ring (bicyclic) bond motifs is 1. The van der Waals surface area contributed by atoms with E-state index in [2.05, 4.69) is 15.2 Å². The lowest BCUT2D eigenvalue weighted by atomic mass is 9.91. The first-order valence-corrected chi connectivity index (χ1v) is 7.78. The van der Waals surface area contributed by atoms with Gasteiger partial charge >= 0.3 is 0 Å². The summed E-state index contributed by atoms with van der Waals surface area (Å²) < 4.78 is 11.3. The highest BCUT2D eigenvalue weighted by molar-refractivity contribution is 5.80. The second-order valence-electron chi connectivity index (χ2n) is 5.97. The number of hydrogen-bond donors (Lipinski definition) is 1. The van der Waals surface area contributed by atoms with Gasteiger partial charge < -0.3 is 14.8 Å². The van der Waals surface area contributed by atoms with Crippen molar-refractivity contribution in [3.63, 3.8) is 0 Å². The Balaban J connectivity index is 1.61. The van der Waals surface area contributed by atoms with Crippen LogP contribution >= 0.6 is 0 Å². The minimum absolute atomic E-state index is 0.00474. The van der Waals surface area contributed by atoms with Gasteiger partial charge in [0.1, 0.15) is 6.10 Å². The predicted molar refractivity (Wildman–Crippen MR) is 81.5 cm³/mol. The standard InChI is InChI=1S/C16H23N3O3/c1-17-15(20)13-8-11-5-7-19(10-14(11)22-13)9-12-4-3-6-18-16(12)21-2/h3-4,6,11,13-14H,5,7-10H2,1-2H3,(H,17,20)/t11-,13-,14+/m1/s1. The van der Waals surface area contributed by atoms with E-state index in [0.29, 0.717) is 11.8 Å². The largest absolute Gasteiger partial charge is 0.481 e. The molecule has 0 bridgehead atoms. The van der Waals surface area contributed by atoms with E-state index >= 15 is 0 Å². The molecule has 0 spiro atoms. The molecule has 2 aliphatic rings. The number of hydrogen-bond acceptors (Lipinski definition) is 5. The molecule has 22 heavy (non-hydrogen) atoms. The maximum Gasteiger partial charge on any atom is 0.248 e. The lowest BCUT2D eigenvalue weighted by Gasteiger charge is -2.34.